The summed E-state index contributed by atoms with van der Waals surface area (Å²) in [6.45, 7) is 8.00. The van der Waals surface area contributed by atoms with Crippen molar-refractivity contribution in [3.05, 3.63) is 59.7 Å². The Morgan fingerprint density at radius 1 is 0.903 bits per heavy atom. The zero-order valence-corrected chi connectivity index (χ0v) is 21.4. The van der Waals surface area contributed by atoms with Gasteiger partial charge in [-0.3, -0.25) is 0 Å². The summed E-state index contributed by atoms with van der Waals surface area (Å²) in [6, 6.07) is 20.1. The maximum absolute atomic E-state index is 6.03. The molecule has 2 aromatic rings. The van der Waals surface area contributed by atoms with E-state index in [-0.39, 0.29) is 0 Å². The maximum Gasteiger partial charge on any atom is 0.0145 e. The van der Waals surface area contributed by atoms with Gasteiger partial charge in [0.05, 0.1) is 0 Å². The summed E-state index contributed by atoms with van der Waals surface area (Å²) in [5, 5.41) is 3.88. The lowest BCUT2D eigenvalue weighted by Gasteiger charge is -2.27. The van der Waals surface area contributed by atoms with Gasteiger partial charge in [-0.2, -0.15) is 0 Å². The molecule has 2 fully saturated rings. The van der Waals surface area contributed by atoms with Crippen LogP contribution in [0.4, 0.5) is 0 Å². The summed E-state index contributed by atoms with van der Waals surface area (Å²) in [6.07, 6.45) is 9.70. The standard InChI is InChI=1S/C24H33N2P.2C2H6/c25-21-10-12-22(13-11-21)26-24-16-23(24)19-8-6-18(7-9-19)20-5-1-3-17(15-20)4-2-14-27;2*1-2/h1,3,5-9,15,21-24,26H,2,4,10-14,16,25,27H2;2*1-2H3. The minimum Gasteiger partial charge on any atom is -0.328 e. The van der Waals surface area contributed by atoms with E-state index in [2.05, 4.69) is 63.1 Å². The Labute approximate surface area is 194 Å². The van der Waals surface area contributed by atoms with Crippen LogP contribution in [0.5, 0.6) is 0 Å². The molecule has 0 aliphatic heterocycles. The van der Waals surface area contributed by atoms with Gasteiger partial charge in [0, 0.05) is 24.0 Å². The average molecular weight is 441 g/mol. The number of hydrogen-bond donors (Lipinski definition) is 2. The predicted molar refractivity (Wildman–Crippen MR) is 142 cm³/mol. The fraction of sp³-hybridized carbons (Fsp3) is 0.571. The zero-order chi connectivity index (χ0) is 22.6. The first kappa shape index (κ1) is 26.0. The molecule has 2 aromatic carbocycles. The third-order valence-electron chi connectivity index (χ3n) is 6.28. The largest absolute Gasteiger partial charge is 0.328 e. The Kier molecular flexibility index (Phi) is 11.8. The molecule has 0 aromatic heterocycles. The minimum absolute atomic E-state index is 0.435. The number of rotatable bonds is 7. The molecule has 3 unspecified atom stereocenters. The van der Waals surface area contributed by atoms with Gasteiger partial charge >= 0.3 is 0 Å². The Bertz CT molecular complexity index is 735. The van der Waals surface area contributed by atoms with Crippen LogP contribution in [0, 0.1) is 0 Å². The lowest BCUT2D eigenvalue weighted by molar-refractivity contribution is 0.339. The molecular formula is C28H45N2P. The number of hydrogen-bond acceptors (Lipinski definition) is 2. The molecule has 0 saturated heterocycles. The van der Waals surface area contributed by atoms with Gasteiger partial charge < -0.3 is 11.1 Å². The van der Waals surface area contributed by atoms with Crippen molar-refractivity contribution < 1.29 is 0 Å². The second-order valence-electron chi connectivity index (χ2n) is 8.44. The van der Waals surface area contributed by atoms with Gasteiger partial charge in [-0.05, 0) is 73.4 Å². The van der Waals surface area contributed by atoms with Crippen LogP contribution in [0.15, 0.2) is 48.5 Å². The molecule has 31 heavy (non-hydrogen) atoms. The summed E-state index contributed by atoms with van der Waals surface area (Å²) >= 11 is 0. The Hall–Kier alpha value is -1.21. The quantitative estimate of drug-likeness (QED) is 0.458. The molecule has 3 N–H and O–H groups in total. The lowest BCUT2D eigenvalue weighted by Crippen LogP contribution is -2.38. The second-order valence-corrected chi connectivity index (χ2v) is 9.02. The molecule has 0 bridgehead atoms. The molecule has 2 aliphatic rings. The van der Waals surface area contributed by atoms with Gasteiger partial charge in [-0.15, -0.1) is 9.24 Å². The molecular weight excluding hydrogens is 395 g/mol. The maximum atomic E-state index is 6.03. The number of aryl methyl sites for hydroxylation is 1. The fourth-order valence-electron chi connectivity index (χ4n) is 4.47. The topological polar surface area (TPSA) is 38.0 Å². The van der Waals surface area contributed by atoms with E-state index in [4.69, 9.17) is 5.73 Å². The van der Waals surface area contributed by atoms with E-state index < -0.39 is 0 Å². The van der Waals surface area contributed by atoms with Crippen molar-refractivity contribution in [1.82, 2.24) is 5.32 Å². The van der Waals surface area contributed by atoms with E-state index in [0.717, 1.165) is 6.42 Å². The highest BCUT2D eigenvalue weighted by Crippen LogP contribution is 2.42. The molecule has 2 aliphatic carbocycles. The minimum atomic E-state index is 0.435. The Morgan fingerprint density at radius 2 is 1.58 bits per heavy atom. The fourth-order valence-corrected chi connectivity index (χ4v) is 4.68. The molecule has 0 amide bonds. The van der Waals surface area contributed by atoms with Crippen molar-refractivity contribution in [2.24, 2.45) is 5.73 Å². The monoisotopic (exact) mass is 440 g/mol. The molecule has 0 heterocycles. The molecule has 3 heteroatoms. The molecule has 2 nitrogen and oxygen atoms in total. The average Bonchev–Trinajstić information content (AvgIpc) is 3.61. The number of benzene rings is 2. The summed E-state index contributed by atoms with van der Waals surface area (Å²) in [4.78, 5) is 0. The van der Waals surface area contributed by atoms with E-state index in [0.29, 0.717) is 24.0 Å². The van der Waals surface area contributed by atoms with Gasteiger partial charge in [0.25, 0.3) is 0 Å². The normalized spacial score (nSPS) is 24.3. The SMILES string of the molecule is CC.CC.NC1CCC(NC2CC2c2ccc(-c3cccc(CCCP)c3)cc2)CC1. The Balaban J connectivity index is 0.000000807. The molecule has 172 valence electrons. The van der Waals surface area contributed by atoms with Crippen LogP contribution in [0.25, 0.3) is 11.1 Å². The third kappa shape index (κ3) is 8.01. The van der Waals surface area contributed by atoms with Crippen LogP contribution in [0.3, 0.4) is 0 Å². The van der Waals surface area contributed by atoms with E-state index in [1.165, 1.54) is 66.9 Å². The zero-order valence-electron chi connectivity index (χ0n) is 20.2. The first-order valence-electron chi connectivity index (χ1n) is 12.6. The second kappa shape index (κ2) is 14.0. The van der Waals surface area contributed by atoms with Crippen LogP contribution in [-0.4, -0.2) is 24.3 Å². The van der Waals surface area contributed by atoms with Gasteiger partial charge in [0.1, 0.15) is 0 Å². The highest BCUT2D eigenvalue weighted by atomic mass is 31.0. The summed E-state index contributed by atoms with van der Waals surface area (Å²) in [7, 11) is 2.82. The Morgan fingerprint density at radius 3 is 2.23 bits per heavy atom. The summed E-state index contributed by atoms with van der Waals surface area (Å²) in [5.41, 5.74) is 11.6. The predicted octanol–water partition coefficient (Wildman–Crippen LogP) is 6.93. The van der Waals surface area contributed by atoms with Gasteiger partial charge in [0.2, 0.25) is 0 Å². The van der Waals surface area contributed by atoms with Crippen molar-refractivity contribution in [2.45, 2.75) is 96.7 Å². The smallest absolute Gasteiger partial charge is 0.0145 e. The summed E-state index contributed by atoms with van der Waals surface area (Å²) in [5.74, 6) is 0.697. The summed E-state index contributed by atoms with van der Waals surface area (Å²) < 4.78 is 0. The van der Waals surface area contributed by atoms with Gasteiger partial charge in [0.15, 0.2) is 0 Å². The van der Waals surface area contributed by atoms with Gasteiger partial charge in [-0.1, -0.05) is 76.2 Å². The van der Waals surface area contributed by atoms with E-state index in [9.17, 15) is 0 Å². The van der Waals surface area contributed by atoms with E-state index >= 15 is 0 Å². The van der Waals surface area contributed by atoms with Crippen molar-refractivity contribution in [2.75, 3.05) is 6.16 Å². The number of nitrogens with one attached hydrogen (secondary N) is 1. The molecule has 0 spiro atoms. The highest BCUT2D eigenvalue weighted by Gasteiger charge is 2.39. The highest BCUT2D eigenvalue weighted by molar-refractivity contribution is 7.16. The molecule has 3 atom stereocenters. The first-order valence-corrected chi connectivity index (χ1v) is 13.5. The molecule has 4 rings (SSSR count). The van der Waals surface area contributed by atoms with Crippen molar-refractivity contribution in [1.29, 1.82) is 0 Å². The van der Waals surface area contributed by atoms with Crippen LogP contribution in [-0.2, 0) is 6.42 Å². The first-order chi connectivity index (χ1) is 15.2. The van der Waals surface area contributed by atoms with E-state index in [1.807, 2.05) is 27.7 Å². The molecule has 0 radical (unpaired) electrons. The van der Waals surface area contributed by atoms with Crippen LogP contribution in [0.2, 0.25) is 0 Å². The number of nitrogens with two attached hydrogens (primary N) is 1. The van der Waals surface area contributed by atoms with Crippen molar-refractivity contribution in [3.63, 3.8) is 0 Å². The van der Waals surface area contributed by atoms with Crippen LogP contribution < -0.4 is 11.1 Å². The van der Waals surface area contributed by atoms with Crippen LogP contribution in [0.1, 0.15) is 83.3 Å². The lowest BCUT2D eigenvalue weighted by atomic mass is 9.92. The van der Waals surface area contributed by atoms with Crippen molar-refractivity contribution in [3.8, 4) is 11.1 Å². The third-order valence-corrected chi connectivity index (χ3v) is 6.69. The molecule has 2 saturated carbocycles. The van der Waals surface area contributed by atoms with Crippen molar-refractivity contribution >= 4 is 9.24 Å². The van der Waals surface area contributed by atoms with Gasteiger partial charge in [-0.25, -0.2) is 0 Å². The van der Waals surface area contributed by atoms with Crippen LogP contribution >= 0.6 is 9.24 Å². The van der Waals surface area contributed by atoms with E-state index in [1.54, 1.807) is 0 Å².